The van der Waals surface area contributed by atoms with Crippen LogP contribution in [0.2, 0.25) is 0 Å². The number of halogens is 1. The molecule has 0 saturated carbocycles. The van der Waals surface area contributed by atoms with Crippen LogP contribution in [-0.2, 0) is 13.5 Å². The maximum Gasteiger partial charge on any atom is 0.270 e. The third kappa shape index (κ3) is 3.43. The standard InChI is InChI=1S/C18H21BrN2O/c1-20-13-16(19)12-17(20)18(22)21-9-7-15(8-10-21)11-14-5-3-2-4-6-14/h2-6,12-13,15H,7-11H2,1H3. The highest BCUT2D eigenvalue weighted by Gasteiger charge is 2.25. The lowest BCUT2D eigenvalue weighted by Gasteiger charge is -2.32. The van der Waals surface area contributed by atoms with Gasteiger partial charge < -0.3 is 9.47 Å². The second kappa shape index (κ2) is 6.69. The van der Waals surface area contributed by atoms with Gasteiger partial charge in [-0.3, -0.25) is 4.79 Å². The average molecular weight is 361 g/mol. The van der Waals surface area contributed by atoms with E-state index >= 15 is 0 Å². The van der Waals surface area contributed by atoms with Crippen molar-refractivity contribution in [3.8, 4) is 0 Å². The molecule has 1 fully saturated rings. The summed E-state index contributed by atoms with van der Waals surface area (Å²) >= 11 is 3.43. The van der Waals surface area contributed by atoms with E-state index in [9.17, 15) is 4.79 Å². The van der Waals surface area contributed by atoms with Crippen molar-refractivity contribution in [3.63, 3.8) is 0 Å². The molecule has 116 valence electrons. The van der Waals surface area contributed by atoms with E-state index in [1.807, 2.05) is 28.8 Å². The van der Waals surface area contributed by atoms with Crippen LogP contribution in [0.5, 0.6) is 0 Å². The van der Waals surface area contributed by atoms with E-state index in [1.165, 1.54) is 5.56 Å². The summed E-state index contributed by atoms with van der Waals surface area (Å²) in [7, 11) is 1.92. The fraction of sp³-hybridized carbons (Fsp3) is 0.389. The normalized spacial score (nSPS) is 16.0. The zero-order valence-electron chi connectivity index (χ0n) is 12.8. The van der Waals surface area contributed by atoms with Crippen LogP contribution in [-0.4, -0.2) is 28.5 Å². The molecule has 0 unspecified atom stereocenters. The molecular formula is C18H21BrN2O. The monoisotopic (exact) mass is 360 g/mol. The molecule has 1 aromatic heterocycles. The van der Waals surface area contributed by atoms with Crippen LogP contribution < -0.4 is 0 Å². The van der Waals surface area contributed by atoms with Gasteiger partial charge in [-0.05, 0) is 52.7 Å². The number of aromatic nitrogens is 1. The van der Waals surface area contributed by atoms with Gasteiger partial charge in [0.25, 0.3) is 5.91 Å². The van der Waals surface area contributed by atoms with Crippen LogP contribution in [0.25, 0.3) is 0 Å². The molecule has 2 heterocycles. The molecule has 22 heavy (non-hydrogen) atoms. The molecule has 1 aliphatic rings. The Hall–Kier alpha value is -1.55. The average Bonchev–Trinajstić information content (AvgIpc) is 2.87. The lowest BCUT2D eigenvalue weighted by molar-refractivity contribution is 0.0681. The quantitative estimate of drug-likeness (QED) is 0.815. The highest BCUT2D eigenvalue weighted by molar-refractivity contribution is 9.10. The molecular weight excluding hydrogens is 340 g/mol. The fourth-order valence-corrected chi connectivity index (χ4v) is 3.71. The van der Waals surface area contributed by atoms with E-state index < -0.39 is 0 Å². The number of carbonyl (C=O) groups is 1. The largest absolute Gasteiger partial charge is 0.345 e. The number of likely N-dealkylation sites (tertiary alicyclic amines) is 1. The Morgan fingerprint density at radius 3 is 2.50 bits per heavy atom. The minimum Gasteiger partial charge on any atom is -0.345 e. The Morgan fingerprint density at radius 1 is 1.23 bits per heavy atom. The summed E-state index contributed by atoms with van der Waals surface area (Å²) in [5.74, 6) is 0.831. The number of amides is 1. The van der Waals surface area contributed by atoms with Gasteiger partial charge in [0.2, 0.25) is 0 Å². The first kappa shape index (κ1) is 15.3. The predicted octanol–water partition coefficient (Wildman–Crippen LogP) is 3.88. The zero-order valence-corrected chi connectivity index (χ0v) is 14.4. The number of hydrogen-bond donors (Lipinski definition) is 0. The number of aryl methyl sites for hydroxylation is 1. The van der Waals surface area contributed by atoms with E-state index in [0.29, 0.717) is 5.92 Å². The molecule has 0 spiro atoms. The van der Waals surface area contributed by atoms with Crippen LogP contribution in [0.4, 0.5) is 0 Å². The summed E-state index contributed by atoms with van der Waals surface area (Å²) in [4.78, 5) is 14.6. The lowest BCUT2D eigenvalue weighted by atomic mass is 9.90. The Morgan fingerprint density at radius 2 is 1.91 bits per heavy atom. The fourth-order valence-electron chi connectivity index (χ4n) is 3.19. The molecule has 3 nitrogen and oxygen atoms in total. The molecule has 2 aromatic rings. The Balaban J connectivity index is 1.57. The molecule has 3 rings (SSSR count). The van der Waals surface area contributed by atoms with E-state index in [2.05, 4.69) is 46.3 Å². The van der Waals surface area contributed by atoms with Crippen molar-refractivity contribution >= 4 is 21.8 Å². The first-order chi connectivity index (χ1) is 10.6. The highest BCUT2D eigenvalue weighted by Crippen LogP contribution is 2.23. The molecule has 0 bridgehead atoms. The summed E-state index contributed by atoms with van der Waals surface area (Å²) in [5.41, 5.74) is 2.16. The predicted molar refractivity (Wildman–Crippen MR) is 91.9 cm³/mol. The summed E-state index contributed by atoms with van der Waals surface area (Å²) in [5, 5.41) is 0. The number of carbonyl (C=O) groups excluding carboxylic acids is 1. The van der Waals surface area contributed by atoms with Gasteiger partial charge in [-0.15, -0.1) is 0 Å². The van der Waals surface area contributed by atoms with Crippen molar-refractivity contribution in [2.45, 2.75) is 19.3 Å². The maximum atomic E-state index is 12.6. The van der Waals surface area contributed by atoms with Crippen molar-refractivity contribution in [2.75, 3.05) is 13.1 Å². The highest BCUT2D eigenvalue weighted by atomic mass is 79.9. The number of rotatable bonds is 3. The van der Waals surface area contributed by atoms with Gasteiger partial charge in [0.1, 0.15) is 5.69 Å². The van der Waals surface area contributed by atoms with E-state index in [0.717, 1.165) is 42.5 Å². The third-order valence-corrected chi connectivity index (χ3v) is 4.89. The minimum atomic E-state index is 0.145. The summed E-state index contributed by atoms with van der Waals surface area (Å²) in [6.45, 7) is 1.72. The van der Waals surface area contributed by atoms with Gasteiger partial charge in [-0.25, -0.2) is 0 Å². The zero-order chi connectivity index (χ0) is 15.5. The molecule has 4 heteroatoms. The van der Waals surface area contributed by atoms with E-state index in [1.54, 1.807) is 0 Å². The van der Waals surface area contributed by atoms with Crippen LogP contribution in [0.1, 0.15) is 28.9 Å². The first-order valence-electron chi connectivity index (χ1n) is 7.78. The van der Waals surface area contributed by atoms with Crippen molar-refractivity contribution in [1.82, 2.24) is 9.47 Å². The summed E-state index contributed by atoms with van der Waals surface area (Å²) in [6, 6.07) is 12.5. The van der Waals surface area contributed by atoms with Crippen molar-refractivity contribution < 1.29 is 4.79 Å². The number of hydrogen-bond acceptors (Lipinski definition) is 1. The minimum absolute atomic E-state index is 0.145. The second-order valence-electron chi connectivity index (χ2n) is 6.08. The number of benzene rings is 1. The number of nitrogens with zero attached hydrogens (tertiary/aromatic N) is 2. The van der Waals surface area contributed by atoms with Gasteiger partial charge in [-0.1, -0.05) is 30.3 Å². The van der Waals surface area contributed by atoms with Gasteiger partial charge in [-0.2, -0.15) is 0 Å². The first-order valence-corrected chi connectivity index (χ1v) is 8.58. The van der Waals surface area contributed by atoms with E-state index in [4.69, 9.17) is 0 Å². The molecule has 0 radical (unpaired) electrons. The van der Waals surface area contributed by atoms with Crippen molar-refractivity contribution in [1.29, 1.82) is 0 Å². The van der Waals surface area contributed by atoms with Crippen LogP contribution in [0, 0.1) is 5.92 Å². The van der Waals surface area contributed by atoms with Crippen molar-refractivity contribution in [3.05, 3.63) is 58.3 Å². The van der Waals surface area contributed by atoms with Gasteiger partial charge in [0.15, 0.2) is 0 Å². The Bertz CT molecular complexity index is 642. The van der Waals surface area contributed by atoms with Gasteiger partial charge in [0, 0.05) is 30.8 Å². The summed E-state index contributed by atoms with van der Waals surface area (Å²) in [6.07, 6.45) is 5.23. The van der Waals surface area contributed by atoms with Gasteiger partial charge in [0.05, 0.1) is 0 Å². The Labute approximate surface area is 140 Å². The molecule has 1 saturated heterocycles. The number of piperidine rings is 1. The second-order valence-corrected chi connectivity index (χ2v) is 7.00. The van der Waals surface area contributed by atoms with E-state index in [-0.39, 0.29) is 5.91 Å². The van der Waals surface area contributed by atoms with Crippen molar-refractivity contribution in [2.24, 2.45) is 13.0 Å². The third-order valence-electron chi connectivity index (χ3n) is 4.46. The topological polar surface area (TPSA) is 25.2 Å². The molecule has 0 atom stereocenters. The smallest absolute Gasteiger partial charge is 0.270 e. The maximum absolute atomic E-state index is 12.6. The van der Waals surface area contributed by atoms with Crippen LogP contribution in [0.3, 0.4) is 0 Å². The summed E-state index contributed by atoms with van der Waals surface area (Å²) < 4.78 is 2.85. The van der Waals surface area contributed by atoms with Gasteiger partial charge >= 0.3 is 0 Å². The van der Waals surface area contributed by atoms with Crippen LogP contribution >= 0.6 is 15.9 Å². The lowest BCUT2D eigenvalue weighted by Crippen LogP contribution is -2.39. The Kier molecular flexibility index (Phi) is 4.67. The molecule has 1 amide bonds. The molecule has 1 aliphatic heterocycles. The molecule has 0 aliphatic carbocycles. The molecule has 0 N–H and O–H groups in total. The van der Waals surface area contributed by atoms with Crippen LogP contribution in [0.15, 0.2) is 47.1 Å². The SMILES string of the molecule is Cn1cc(Br)cc1C(=O)N1CCC(Cc2ccccc2)CC1. The molecule has 1 aromatic carbocycles.